The molecule has 2 aromatic heterocycles. The average Bonchev–Trinajstić information content (AvgIpc) is 2.30. The first-order valence-electron chi connectivity index (χ1n) is 4.92. The van der Waals surface area contributed by atoms with Crippen molar-refractivity contribution in [1.82, 2.24) is 9.97 Å². The van der Waals surface area contributed by atoms with Crippen LogP contribution < -0.4 is 5.56 Å². The van der Waals surface area contributed by atoms with E-state index in [1.165, 1.54) is 0 Å². The molecule has 0 aliphatic heterocycles. The lowest BCUT2D eigenvalue weighted by Gasteiger charge is -2.04. The van der Waals surface area contributed by atoms with E-state index in [0.29, 0.717) is 21.1 Å². The summed E-state index contributed by atoms with van der Waals surface area (Å²) in [5, 5.41) is 3.08. The van der Waals surface area contributed by atoms with E-state index in [9.17, 15) is 4.79 Å². The molecule has 0 aliphatic rings. The average molecular weight is 265 g/mol. The third-order valence-electron chi connectivity index (χ3n) is 2.63. The summed E-state index contributed by atoms with van der Waals surface area (Å²) in [4.78, 5) is 18.7. The van der Waals surface area contributed by atoms with Gasteiger partial charge in [-0.1, -0.05) is 29.3 Å². The third kappa shape index (κ3) is 1.59. The van der Waals surface area contributed by atoms with Crippen LogP contribution in [0.2, 0.25) is 10.0 Å². The smallest absolute Gasteiger partial charge is 0.257 e. The van der Waals surface area contributed by atoms with Gasteiger partial charge in [0.25, 0.3) is 5.56 Å². The van der Waals surface area contributed by atoms with E-state index in [0.717, 1.165) is 10.8 Å². The van der Waals surface area contributed by atoms with E-state index in [1.54, 1.807) is 30.5 Å². The van der Waals surface area contributed by atoms with Crippen LogP contribution in [0.15, 0.2) is 35.3 Å². The molecule has 0 fully saturated rings. The van der Waals surface area contributed by atoms with Crippen molar-refractivity contribution < 1.29 is 0 Å². The molecule has 3 aromatic rings. The second-order valence-corrected chi connectivity index (χ2v) is 4.50. The fraction of sp³-hybridized carbons (Fsp3) is 0. The lowest BCUT2D eigenvalue weighted by Crippen LogP contribution is -2.07. The van der Waals surface area contributed by atoms with Crippen LogP contribution in [0.5, 0.6) is 0 Å². The van der Waals surface area contributed by atoms with Gasteiger partial charge in [-0.15, -0.1) is 0 Å². The predicted octanol–water partition coefficient (Wildman–Crippen LogP) is 3.38. The van der Waals surface area contributed by atoms with Crippen LogP contribution in [-0.2, 0) is 0 Å². The molecule has 0 spiro atoms. The van der Waals surface area contributed by atoms with Gasteiger partial charge in [0.1, 0.15) is 5.65 Å². The van der Waals surface area contributed by atoms with Gasteiger partial charge < -0.3 is 4.98 Å². The van der Waals surface area contributed by atoms with Crippen molar-refractivity contribution in [3.05, 3.63) is 50.9 Å². The van der Waals surface area contributed by atoms with E-state index in [-0.39, 0.29) is 5.56 Å². The number of nitrogens with zero attached hydrogens (tertiary/aromatic N) is 1. The number of aromatic amines is 1. The minimum atomic E-state index is -0.218. The molecule has 3 rings (SSSR count). The first kappa shape index (κ1) is 10.6. The SMILES string of the molecule is O=c1[nH]c2nccc(Cl)c2c2ccc(Cl)cc12. The number of fused-ring (bicyclic) bond motifs is 3. The van der Waals surface area contributed by atoms with E-state index in [1.807, 2.05) is 0 Å². The molecule has 17 heavy (non-hydrogen) atoms. The number of benzene rings is 1. The Morgan fingerprint density at radius 1 is 1.12 bits per heavy atom. The first-order valence-corrected chi connectivity index (χ1v) is 5.68. The Morgan fingerprint density at radius 2 is 1.94 bits per heavy atom. The maximum Gasteiger partial charge on any atom is 0.257 e. The van der Waals surface area contributed by atoms with Crippen molar-refractivity contribution in [2.45, 2.75) is 0 Å². The molecule has 0 unspecified atom stereocenters. The Balaban J connectivity index is 2.68. The van der Waals surface area contributed by atoms with E-state index in [4.69, 9.17) is 23.2 Å². The molecule has 0 radical (unpaired) electrons. The summed E-state index contributed by atoms with van der Waals surface area (Å²) in [6, 6.07) is 6.82. The summed E-state index contributed by atoms with van der Waals surface area (Å²) < 4.78 is 0. The largest absolute Gasteiger partial charge is 0.306 e. The van der Waals surface area contributed by atoms with Crippen LogP contribution in [0.1, 0.15) is 0 Å². The summed E-state index contributed by atoms with van der Waals surface area (Å²) >= 11 is 12.0. The maximum atomic E-state index is 11.9. The molecule has 0 atom stereocenters. The monoisotopic (exact) mass is 264 g/mol. The van der Waals surface area contributed by atoms with E-state index < -0.39 is 0 Å². The van der Waals surface area contributed by atoms with Crippen molar-refractivity contribution in [1.29, 1.82) is 0 Å². The third-order valence-corrected chi connectivity index (χ3v) is 3.18. The highest BCUT2D eigenvalue weighted by molar-refractivity contribution is 6.37. The lowest BCUT2D eigenvalue weighted by molar-refractivity contribution is 1.26. The van der Waals surface area contributed by atoms with Crippen LogP contribution in [0.4, 0.5) is 0 Å². The number of nitrogens with one attached hydrogen (secondary N) is 1. The summed E-state index contributed by atoms with van der Waals surface area (Å²) in [5.74, 6) is 0. The minimum absolute atomic E-state index is 0.218. The van der Waals surface area contributed by atoms with Gasteiger partial charge in [-0.2, -0.15) is 0 Å². The van der Waals surface area contributed by atoms with Crippen molar-refractivity contribution in [2.75, 3.05) is 0 Å². The van der Waals surface area contributed by atoms with Crippen LogP contribution in [-0.4, -0.2) is 9.97 Å². The topological polar surface area (TPSA) is 45.8 Å². The quantitative estimate of drug-likeness (QED) is 0.633. The van der Waals surface area contributed by atoms with Crippen molar-refractivity contribution in [2.24, 2.45) is 0 Å². The predicted molar refractivity (Wildman–Crippen MR) is 69.9 cm³/mol. The fourth-order valence-electron chi connectivity index (χ4n) is 1.89. The van der Waals surface area contributed by atoms with E-state index in [2.05, 4.69) is 9.97 Å². The van der Waals surface area contributed by atoms with Crippen LogP contribution in [0.3, 0.4) is 0 Å². The van der Waals surface area contributed by atoms with Gasteiger partial charge in [-0.3, -0.25) is 4.79 Å². The highest BCUT2D eigenvalue weighted by Crippen LogP contribution is 2.28. The van der Waals surface area contributed by atoms with Gasteiger partial charge in [0.05, 0.1) is 5.02 Å². The van der Waals surface area contributed by atoms with Crippen LogP contribution in [0, 0.1) is 0 Å². The summed E-state index contributed by atoms with van der Waals surface area (Å²) in [6.45, 7) is 0. The van der Waals surface area contributed by atoms with Gasteiger partial charge in [-0.05, 0) is 23.6 Å². The Bertz CT molecular complexity index is 795. The van der Waals surface area contributed by atoms with Gasteiger partial charge in [0.2, 0.25) is 0 Å². The number of H-pyrrole nitrogens is 1. The zero-order valence-electron chi connectivity index (χ0n) is 8.50. The first-order chi connectivity index (χ1) is 8.16. The van der Waals surface area contributed by atoms with Gasteiger partial charge in [0.15, 0.2) is 0 Å². The zero-order valence-corrected chi connectivity index (χ0v) is 10.0. The molecule has 3 nitrogen and oxygen atoms in total. The number of aromatic nitrogens is 2. The Hall–Kier alpha value is -1.58. The van der Waals surface area contributed by atoms with E-state index >= 15 is 0 Å². The number of hydrogen-bond donors (Lipinski definition) is 1. The molecule has 5 heteroatoms. The normalized spacial score (nSPS) is 11.2. The van der Waals surface area contributed by atoms with Gasteiger partial charge in [0, 0.05) is 22.0 Å². The van der Waals surface area contributed by atoms with Crippen LogP contribution in [0.25, 0.3) is 21.8 Å². The molecule has 1 N–H and O–H groups in total. The van der Waals surface area contributed by atoms with Crippen LogP contribution >= 0.6 is 23.2 Å². The van der Waals surface area contributed by atoms with Crippen molar-refractivity contribution >= 4 is 45.0 Å². The van der Waals surface area contributed by atoms with Gasteiger partial charge >= 0.3 is 0 Å². The molecule has 0 saturated carbocycles. The van der Waals surface area contributed by atoms with Crippen molar-refractivity contribution in [3.63, 3.8) is 0 Å². The van der Waals surface area contributed by atoms with Crippen molar-refractivity contribution in [3.8, 4) is 0 Å². The highest BCUT2D eigenvalue weighted by Gasteiger charge is 2.09. The molecule has 84 valence electrons. The summed E-state index contributed by atoms with van der Waals surface area (Å²) in [6.07, 6.45) is 1.56. The molecule has 0 bridgehead atoms. The lowest BCUT2D eigenvalue weighted by atomic mass is 10.1. The maximum absolute atomic E-state index is 11.9. The summed E-state index contributed by atoms with van der Waals surface area (Å²) in [7, 11) is 0. The Morgan fingerprint density at radius 3 is 2.76 bits per heavy atom. The number of rotatable bonds is 0. The molecule has 1 aromatic carbocycles. The van der Waals surface area contributed by atoms with Gasteiger partial charge in [-0.25, -0.2) is 4.98 Å². The minimum Gasteiger partial charge on any atom is -0.306 e. The molecule has 0 amide bonds. The molecular weight excluding hydrogens is 259 g/mol. The Labute approximate surface area is 106 Å². The molecule has 0 aliphatic carbocycles. The second kappa shape index (κ2) is 3.72. The number of halogens is 2. The molecule has 2 heterocycles. The fourth-order valence-corrected chi connectivity index (χ4v) is 2.31. The number of pyridine rings is 2. The number of hydrogen-bond acceptors (Lipinski definition) is 2. The zero-order chi connectivity index (χ0) is 12.0. The summed E-state index contributed by atoms with van der Waals surface area (Å²) in [5.41, 5.74) is 0.266. The second-order valence-electron chi connectivity index (χ2n) is 3.66. The molecule has 0 saturated heterocycles. The Kier molecular flexibility index (Phi) is 2.31. The standard InChI is InChI=1S/C12H6Cl2N2O/c13-6-1-2-7-8(5-6)12(17)16-11-10(7)9(14)3-4-15-11/h1-5H,(H,15,16,17). The molecular formula is C12H6Cl2N2O. The highest BCUT2D eigenvalue weighted by atomic mass is 35.5.